The number of phenolic OH excluding ortho intramolecular Hbond substituents is 1. The van der Waals surface area contributed by atoms with Crippen molar-refractivity contribution in [3.63, 3.8) is 0 Å². The van der Waals surface area contributed by atoms with Gasteiger partial charge in [-0.2, -0.15) is 0 Å². The van der Waals surface area contributed by atoms with Crippen molar-refractivity contribution in [2.75, 3.05) is 0 Å². The molecule has 0 aliphatic heterocycles. The van der Waals surface area contributed by atoms with Gasteiger partial charge >= 0.3 is 0 Å². The third kappa shape index (κ3) is 5.89. The van der Waals surface area contributed by atoms with E-state index < -0.39 is 24.0 Å². The smallest absolute Gasteiger partial charge is 0.268 e. The number of hydrogen-bond acceptors (Lipinski definition) is 5. The van der Waals surface area contributed by atoms with Crippen molar-refractivity contribution in [2.45, 2.75) is 19.1 Å². The molecule has 0 aromatic heterocycles. The van der Waals surface area contributed by atoms with Crippen molar-refractivity contribution in [3.8, 4) is 29.4 Å². The van der Waals surface area contributed by atoms with Crippen molar-refractivity contribution < 1.29 is 25.0 Å². The lowest BCUT2D eigenvalue weighted by molar-refractivity contribution is -0.133. The SMILES string of the molecule is CC(O)C(NC(=O)c1ccc(C#CC#Cc2cccc(O)c2)cc1)C(=O)NO. The number of carbonyl (C=O) groups excluding carboxylic acids is 2. The normalized spacial score (nSPS) is 11.7. The van der Waals surface area contributed by atoms with Gasteiger partial charge in [-0.05, 0) is 61.2 Å². The molecule has 5 N–H and O–H groups in total. The molecule has 0 radical (unpaired) electrons. The maximum absolute atomic E-state index is 12.2. The molecule has 2 aromatic carbocycles. The highest BCUT2D eigenvalue weighted by molar-refractivity contribution is 5.97. The van der Waals surface area contributed by atoms with Gasteiger partial charge < -0.3 is 15.5 Å². The summed E-state index contributed by atoms with van der Waals surface area (Å²) < 4.78 is 0. The molecular formula is C21H18N2O5. The van der Waals surface area contributed by atoms with Gasteiger partial charge in [0.05, 0.1) is 6.10 Å². The first kappa shape index (κ1) is 20.5. The molecule has 0 saturated carbocycles. The summed E-state index contributed by atoms with van der Waals surface area (Å²) in [5.74, 6) is 9.61. The Morgan fingerprint density at radius 2 is 1.64 bits per heavy atom. The van der Waals surface area contributed by atoms with E-state index in [0.717, 1.165) is 0 Å². The minimum atomic E-state index is -1.29. The van der Waals surface area contributed by atoms with Crippen LogP contribution < -0.4 is 10.8 Å². The van der Waals surface area contributed by atoms with E-state index in [9.17, 15) is 19.8 Å². The molecule has 28 heavy (non-hydrogen) atoms. The van der Waals surface area contributed by atoms with Crippen LogP contribution in [0.2, 0.25) is 0 Å². The predicted molar refractivity (Wildman–Crippen MR) is 101 cm³/mol. The second-order valence-electron chi connectivity index (χ2n) is 5.80. The molecule has 0 heterocycles. The van der Waals surface area contributed by atoms with Crippen LogP contribution in [0.3, 0.4) is 0 Å². The fraction of sp³-hybridized carbons (Fsp3) is 0.143. The molecule has 0 aliphatic carbocycles. The lowest BCUT2D eigenvalue weighted by Crippen LogP contribution is -2.51. The highest BCUT2D eigenvalue weighted by atomic mass is 16.5. The molecule has 2 rings (SSSR count). The Bertz CT molecular complexity index is 976. The first-order valence-corrected chi connectivity index (χ1v) is 8.24. The van der Waals surface area contributed by atoms with Crippen LogP contribution in [-0.4, -0.2) is 39.4 Å². The second-order valence-corrected chi connectivity index (χ2v) is 5.80. The van der Waals surface area contributed by atoms with Gasteiger partial charge in [0.25, 0.3) is 11.8 Å². The lowest BCUT2D eigenvalue weighted by Gasteiger charge is -2.19. The summed E-state index contributed by atoms with van der Waals surface area (Å²) in [7, 11) is 0. The monoisotopic (exact) mass is 378 g/mol. The largest absolute Gasteiger partial charge is 0.508 e. The van der Waals surface area contributed by atoms with Crippen LogP contribution in [0.4, 0.5) is 0 Å². The zero-order valence-corrected chi connectivity index (χ0v) is 14.9. The van der Waals surface area contributed by atoms with Crippen LogP contribution in [0.25, 0.3) is 0 Å². The molecule has 0 fully saturated rings. The summed E-state index contributed by atoms with van der Waals surface area (Å²) in [6.45, 7) is 1.32. The number of nitrogens with one attached hydrogen (secondary N) is 2. The van der Waals surface area contributed by atoms with Gasteiger partial charge in [0.15, 0.2) is 0 Å². The quantitative estimate of drug-likeness (QED) is 0.306. The number of benzene rings is 2. The van der Waals surface area contributed by atoms with E-state index >= 15 is 0 Å². The molecule has 2 atom stereocenters. The molecule has 2 aromatic rings. The Morgan fingerprint density at radius 3 is 2.21 bits per heavy atom. The number of rotatable bonds is 4. The van der Waals surface area contributed by atoms with Crippen LogP contribution in [0.1, 0.15) is 28.4 Å². The van der Waals surface area contributed by atoms with Gasteiger partial charge in [0.2, 0.25) is 0 Å². The summed E-state index contributed by atoms with van der Waals surface area (Å²) in [4.78, 5) is 23.6. The van der Waals surface area contributed by atoms with E-state index in [-0.39, 0.29) is 11.3 Å². The summed E-state index contributed by atoms with van der Waals surface area (Å²) in [5, 5.41) is 29.9. The second kappa shape index (κ2) is 9.79. The number of hydrogen-bond donors (Lipinski definition) is 5. The predicted octanol–water partition coefficient (Wildman–Crippen LogP) is 0.780. The van der Waals surface area contributed by atoms with Crippen molar-refractivity contribution in [2.24, 2.45) is 0 Å². The molecule has 0 spiro atoms. The van der Waals surface area contributed by atoms with E-state index in [1.807, 2.05) is 0 Å². The highest BCUT2D eigenvalue weighted by Gasteiger charge is 2.25. The van der Waals surface area contributed by atoms with Crippen molar-refractivity contribution >= 4 is 11.8 Å². The zero-order valence-electron chi connectivity index (χ0n) is 14.9. The van der Waals surface area contributed by atoms with E-state index in [1.165, 1.54) is 30.6 Å². The Morgan fingerprint density at radius 1 is 1.00 bits per heavy atom. The first-order valence-electron chi connectivity index (χ1n) is 8.24. The maximum atomic E-state index is 12.2. The Kier molecular flexibility index (Phi) is 7.18. The molecule has 2 unspecified atom stereocenters. The third-order valence-corrected chi connectivity index (χ3v) is 3.63. The minimum absolute atomic E-state index is 0.128. The van der Waals surface area contributed by atoms with E-state index in [1.54, 1.807) is 30.3 Å². The van der Waals surface area contributed by atoms with Crippen molar-refractivity contribution in [1.82, 2.24) is 10.8 Å². The Hall–Kier alpha value is -3.78. The number of amides is 2. The topological polar surface area (TPSA) is 119 Å². The average Bonchev–Trinajstić information content (AvgIpc) is 2.69. The fourth-order valence-corrected chi connectivity index (χ4v) is 2.19. The molecule has 0 saturated heterocycles. The Balaban J connectivity index is 2.04. The van der Waals surface area contributed by atoms with Crippen LogP contribution in [-0.2, 0) is 4.79 Å². The maximum Gasteiger partial charge on any atom is 0.268 e. The number of hydroxylamine groups is 1. The van der Waals surface area contributed by atoms with Crippen LogP contribution in [0.15, 0.2) is 48.5 Å². The first-order chi connectivity index (χ1) is 13.4. The van der Waals surface area contributed by atoms with Gasteiger partial charge in [-0.25, -0.2) is 5.48 Å². The van der Waals surface area contributed by atoms with Gasteiger partial charge in [-0.1, -0.05) is 17.9 Å². The molecule has 0 bridgehead atoms. The van der Waals surface area contributed by atoms with Crippen LogP contribution in [0.5, 0.6) is 5.75 Å². The van der Waals surface area contributed by atoms with Gasteiger partial charge in [-0.3, -0.25) is 14.8 Å². The molecule has 2 amide bonds. The summed E-state index contributed by atoms with van der Waals surface area (Å²) in [6.07, 6.45) is -1.19. The number of phenols is 1. The number of aliphatic hydroxyl groups is 1. The zero-order chi connectivity index (χ0) is 20.5. The fourth-order valence-electron chi connectivity index (χ4n) is 2.19. The molecular weight excluding hydrogens is 360 g/mol. The van der Waals surface area contributed by atoms with E-state index in [2.05, 4.69) is 29.0 Å². The van der Waals surface area contributed by atoms with Gasteiger partial charge in [-0.15, -0.1) is 0 Å². The van der Waals surface area contributed by atoms with Gasteiger partial charge in [0, 0.05) is 16.7 Å². The number of aromatic hydroxyl groups is 1. The Labute approximate surface area is 162 Å². The van der Waals surface area contributed by atoms with Crippen LogP contribution >= 0.6 is 0 Å². The third-order valence-electron chi connectivity index (χ3n) is 3.63. The molecule has 7 heteroatoms. The molecule has 142 valence electrons. The van der Waals surface area contributed by atoms with E-state index in [4.69, 9.17) is 5.21 Å². The summed E-state index contributed by atoms with van der Waals surface area (Å²) in [6, 6.07) is 11.5. The van der Waals surface area contributed by atoms with Gasteiger partial charge in [0.1, 0.15) is 11.8 Å². The summed E-state index contributed by atoms with van der Waals surface area (Å²) >= 11 is 0. The number of aliphatic hydroxyl groups excluding tert-OH is 1. The van der Waals surface area contributed by atoms with E-state index in [0.29, 0.717) is 11.1 Å². The van der Waals surface area contributed by atoms with Crippen LogP contribution in [0, 0.1) is 23.7 Å². The van der Waals surface area contributed by atoms with Crippen molar-refractivity contribution in [3.05, 3.63) is 65.2 Å². The number of carbonyl (C=O) groups is 2. The lowest BCUT2D eigenvalue weighted by atomic mass is 10.1. The average molecular weight is 378 g/mol. The van der Waals surface area contributed by atoms with Crippen molar-refractivity contribution in [1.29, 1.82) is 0 Å². The highest BCUT2D eigenvalue weighted by Crippen LogP contribution is 2.09. The standard InChI is InChI=1S/C21H18N2O5/c1-14(24)19(21(27)23-28)22-20(26)17-11-9-15(10-12-17)5-2-3-6-16-7-4-8-18(25)13-16/h4,7-14,19,24-25,28H,1H3,(H,22,26)(H,23,27). The minimum Gasteiger partial charge on any atom is -0.508 e. The molecule has 7 nitrogen and oxygen atoms in total. The summed E-state index contributed by atoms with van der Waals surface area (Å²) in [5.41, 5.74) is 2.92. The molecule has 0 aliphatic rings.